The predicted octanol–water partition coefficient (Wildman–Crippen LogP) is 0.673. The fourth-order valence-electron chi connectivity index (χ4n) is 2.85. The third-order valence-electron chi connectivity index (χ3n) is 4.03. The minimum absolute atomic E-state index is 0.0190. The maximum atomic E-state index is 12.6. The van der Waals surface area contributed by atoms with E-state index in [4.69, 9.17) is 0 Å². The second-order valence-corrected chi connectivity index (χ2v) is 6.77. The van der Waals surface area contributed by atoms with Gasteiger partial charge in [-0.2, -0.15) is 5.10 Å². The molecular formula is C16H14N4O3S. The van der Waals surface area contributed by atoms with Gasteiger partial charge in [0.1, 0.15) is 0 Å². The summed E-state index contributed by atoms with van der Waals surface area (Å²) in [6.45, 7) is 1.03. The molecule has 8 heteroatoms. The van der Waals surface area contributed by atoms with Gasteiger partial charge in [-0.15, -0.1) is 0 Å². The molecule has 2 amide bonds. The number of fused-ring (bicyclic) bond motifs is 1. The Hall–Kier alpha value is -2.74. The van der Waals surface area contributed by atoms with E-state index in [0.29, 0.717) is 30.1 Å². The normalized spacial score (nSPS) is 19.7. The minimum Gasteiger partial charge on any atom is -0.334 e. The zero-order chi connectivity index (χ0) is 16.7. The number of aromatic nitrogens is 2. The second-order valence-electron chi connectivity index (χ2n) is 5.61. The van der Waals surface area contributed by atoms with Crippen LogP contribution >= 0.6 is 0 Å². The van der Waals surface area contributed by atoms with E-state index in [1.165, 1.54) is 10.8 Å². The van der Waals surface area contributed by atoms with E-state index in [1.54, 1.807) is 23.2 Å². The summed E-state index contributed by atoms with van der Waals surface area (Å²) >= 11 is 0. The average molecular weight is 342 g/mol. The van der Waals surface area contributed by atoms with Crippen molar-refractivity contribution in [3.8, 4) is 0 Å². The van der Waals surface area contributed by atoms with Crippen molar-refractivity contribution >= 4 is 27.8 Å². The van der Waals surface area contributed by atoms with Gasteiger partial charge in [0.05, 0.1) is 5.69 Å². The van der Waals surface area contributed by atoms with Crippen molar-refractivity contribution in [2.45, 2.75) is 13.0 Å². The molecule has 7 nitrogen and oxygen atoms in total. The summed E-state index contributed by atoms with van der Waals surface area (Å²) < 4.78 is 15.6. The van der Waals surface area contributed by atoms with Gasteiger partial charge in [-0.3, -0.25) is 14.3 Å². The molecule has 1 aromatic heterocycles. The number of hydrogen-bond donors (Lipinski definition) is 1. The molecule has 2 aliphatic heterocycles. The van der Waals surface area contributed by atoms with Crippen molar-refractivity contribution in [1.29, 1.82) is 0 Å². The van der Waals surface area contributed by atoms with Crippen molar-refractivity contribution in [3.63, 3.8) is 0 Å². The third-order valence-corrected chi connectivity index (χ3v) is 5.10. The zero-order valence-electron chi connectivity index (χ0n) is 12.6. The van der Waals surface area contributed by atoms with Crippen LogP contribution in [0, 0.1) is 0 Å². The van der Waals surface area contributed by atoms with Crippen LogP contribution in [0.5, 0.6) is 0 Å². The molecule has 3 heterocycles. The number of benzene rings is 1. The topological polar surface area (TPSA) is 84.3 Å². The predicted molar refractivity (Wildman–Crippen MR) is 87.7 cm³/mol. The number of nitrogens with one attached hydrogen (secondary N) is 1. The van der Waals surface area contributed by atoms with E-state index in [-0.39, 0.29) is 5.91 Å². The van der Waals surface area contributed by atoms with Gasteiger partial charge in [0.2, 0.25) is 0 Å². The highest BCUT2D eigenvalue weighted by Gasteiger charge is 2.27. The standard InChI is InChI=1S/C16H14N4O3S/c21-14-8-15(24(23)18-14)20-10-12-9-19(7-6-13(12)17-20)16(22)11-4-2-1-3-5-11/h1-5,8,10H,6-7,9H2,(H,18,21). The van der Waals surface area contributed by atoms with Gasteiger partial charge < -0.3 is 4.90 Å². The van der Waals surface area contributed by atoms with Crippen molar-refractivity contribution in [3.05, 3.63) is 59.4 Å². The van der Waals surface area contributed by atoms with E-state index < -0.39 is 16.9 Å². The van der Waals surface area contributed by atoms with Crippen molar-refractivity contribution in [2.75, 3.05) is 6.54 Å². The first-order valence-corrected chi connectivity index (χ1v) is 8.63. The molecule has 1 aromatic carbocycles. The summed E-state index contributed by atoms with van der Waals surface area (Å²) in [4.78, 5) is 25.6. The Labute approximate surface area is 140 Å². The maximum Gasteiger partial charge on any atom is 0.258 e. The first kappa shape index (κ1) is 14.8. The van der Waals surface area contributed by atoms with E-state index in [9.17, 15) is 13.8 Å². The van der Waals surface area contributed by atoms with Crippen LogP contribution in [0.3, 0.4) is 0 Å². The summed E-state index contributed by atoms with van der Waals surface area (Å²) in [5, 5.41) is 4.72. The summed E-state index contributed by atoms with van der Waals surface area (Å²) in [5.41, 5.74) is 2.43. The van der Waals surface area contributed by atoms with Crippen LogP contribution in [-0.2, 0) is 28.7 Å². The Morgan fingerprint density at radius 3 is 2.75 bits per heavy atom. The van der Waals surface area contributed by atoms with Crippen LogP contribution in [0.4, 0.5) is 0 Å². The van der Waals surface area contributed by atoms with Gasteiger partial charge in [-0.05, 0) is 12.1 Å². The lowest BCUT2D eigenvalue weighted by Crippen LogP contribution is -2.35. The molecular weight excluding hydrogens is 328 g/mol. The molecule has 4 rings (SSSR count). The molecule has 1 unspecified atom stereocenters. The largest absolute Gasteiger partial charge is 0.334 e. The van der Waals surface area contributed by atoms with E-state index in [2.05, 4.69) is 9.82 Å². The van der Waals surface area contributed by atoms with Crippen LogP contribution in [0.2, 0.25) is 0 Å². The van der Waals surface area contributed by atoms with Gasteiger partial charge in [0.25, 0.3) is 11.8 Å². The summed E-state index contributed by atoms with van der Waals surface area (Å²) in [7, 11) is -1.59. The van der Waals surface area contributed by atoms with E-state index in [1.807, 2.05) is 18.2 Å². The van der Waals surface area contributed by atoms with Crippen molar-refractivity contribution in [1.82, 2.24) is 19.4 Å². The number of rotatable bonds is 2. The van der Waals surface area contributed by atoms with Crippen LogP contribution in [0.25, 0.3) is 5.03 Å². The molecule has 24 heavy (non-hydrogen) atoms. The highest BCUT2D eigenvalue weighted by atomic mass is 32.2. The molecule has 0 fully saturated rings. The first-order valence-electron chi connectivity index (χ1n) is 7.48. The van der Waals surface area contributed by atoms with Crippen molar-refractivity contribution < 1.29 is 13.8 Å². The Morgan fingerprint density at radius 1 is 1.25 bits per heavy atom. The van der Waals surface area contributed by atoms with Gasteiger partial charge in [-0.25, -0.2) is 8.89 Å². The SMILES string of the molecule is O=C1C=C(n2cc3c(n2)CCN(C(=O)c2ccccc2)C3)S(=O)N1. The molecule has 0 spiro atoms. The third kappa shape index (κ3) is 2.54. The van der Waals surface area contributed by atoms with Crippen LogP contribution in [0.15, 0.2) is 42.6 Å². The quantitative estimate of drug-likeness (QED) is 0.869. The first-order chi connectivity index (χ1) is 11.6. The van der Waals surface area contributed by atoms with Gasteiger partial charge in [0, 0.05) is 42.9 Å². The Balaban J connectivity index is 1.58. The maximum absolute atomic E-state index is 12.6. The van der Waals surface area contributed by atoms with Crippen LogP contribution in [-0.4, -0.2) is 37.2 Å². The zero-order valence-corrected chi connectivity index (χ0v) is 13.5. The molecule has 0 bridgehead atoms. The minimum atomic E-state index is -1.59. The fraction of sp³-hybridized carbons (Fsp3) is 0.188. The monoisotopic (exact) mass is 342 g/mol. The molecule has 1 atom stereocenters. The van der Waals surface area contributed by atoms with Gasteiger partial charge in [-0.1, -0.05) is 18.2 Å². The Kier molecular flexibility index (Phi) is 3.53. The summed E-state index contributed by atoms with van der Waals surface area (Å²) in [6.07, 6.45) is 3.65. The van der Waals surface area contributed by atoms with Crippen molar-refractivity contribution in [2.24, 2.45) is 0 Å². The number of hydrogen-bond acceptors (Lipinski definition) is 4. The number of nitrogens with zero attached hydrogens (tertiary/aromatic N) is 3. The van der Waals surface area contributed by atoms with E-state index in [0.717, 1.165) is 11.3 Å². The Bertz CT molecular complexity index is 888. The number of amides is 2. The highest BCUT2D eigenvalue weighted by Crippen LogP contribution is 2.22. The smallest absolute Gasteiger partial charge is 0.258 e. The molecule has 2 aliphatic rings. The molecule has 1 N–H and O–H groups in total. The lowest BCUT2D eigenvalue weighted by Gasteiger charge is -2.26. The number of carbonyl (C=O) groups excluding carboxylic acids is 2. The molecule has 0 aliphatic carbocycles. The molecule has 0 saturated carbocycles. The van der Waals surface area contributed by atoms with Crippen LogP contribution in [0.1, 0.15) is 21.6 Å². The van der Waals surface area contributed by atoms with Gasteiger partial charge in [0.15, 0.2) is 16.0 Å². The lowest BCUT2D eigenvalue weighted by atomic mass is 10.1. The molecule has 122 valence electrons. The average Bonchev–Trinajstić information content (AvgIpc) is 3.16. The molecule has 2 aromatic rings. The Morgan fingerprint density at radius 2 is 2.04 bits per heavy atom. The molecule has 0 radical (unpaired) electrons. The van der Waals surface area contributed by atoms with Crippen LogP contribution < -0.4 is 4.72 Å². The fourth-order valence-corrected chi connectivity index (χ4v) is 3.68. The van der Waals surface area contributed by atoms with E-state index >= 15 is 0 Å². The highest BCUT2D eigenvalue weighted by molar-refractivity contribution is 7.93. The van der Waals surface area contributed by atoms with Gasteiger partial charge >= 0.3 is 0 Å². The summed E-state index contributed by atoms with van der Waals surface area (Å²) in [6, 6.07) is 9.15. The number of carbonyl (C=O) groups is 2. The second kappa shape index (κ2) is 5.72. The lowest BCUT2D eigenvalue weighted by molar-refractivity contribution is -0.114. The molecule has 0 saturated heterocycles. The summed E-state index contributed by atoms with van der Waals surface area (Å²) in [5.74, 6) is -0.410.